The molecule has 0 aliphatic carbocycles. The van der Waals surface area contributed by atoms with E-state index in [1.807, 2.05) is 26.0 Å². The van der Waals surface area contributed by atoms with Crippen molar-refractivity contribution in [1.82, 2.24) is 4.31 Å². The molecule has 1 aliphatic heterocycles. The van der Waals surface area contributed by atoms with Gasteiger partial charge in [0.05, 0.1) is 22.9 Å². The van der Waals surface area contributed by atoms with Crippen molar-refractivity contribution in [2.75, 3.05) is 6.54 Å². The zero-order valence-corrected chi connectivity index (χ0v) is 24.3. The largest absolute Gasteiger partial charge is 0.488 e. The van der Waals surface area contributed by atoms with Crippen LogP contribution in [-0.2, 0) is 21.4 Å². The molecule has 2 heterocycles. The van der Waals surface area contributed by atoms with Gasteiger partial charge in [-0.3, -0.25) is 4.79 Å². The fourth-order valence-electron chi connectivity index (χ4n) is 4.92. The fourth-order valence-corrected chi connectivity index (χ4v) is 7.79. The Morgan fingerprint density at radius 3 is 2.54 bits per heavy atom. The minimum absolute atomic E-state index is 0.0636. The second-order valence-corrected chi connectivity index (χ2v) is 13.6. The number of halogens is 1. The summed E-state index contributed by atoms with van der Waals surface area (Å²) in [4.78, 5) is 13.1. The van der Waals surface area contributed by atoms with Crippen LogP contribution in [0.1, 0.15) is 72.6 Å². The van der Waals surface area contributed by atoms with Crippen LogP contribution in [0.15, 0.2) is 53.4 Å². The van der Waals surface area contributed by atoms with Crippen molar-refractivity contribution in [3.63, 3.8) is 0 Å². The number of aryl methyl sites for hydroxylation is 1. The summed E-state index contributed by atoms with van der Waals surface area (Å²) >= 11 is 1.05. The standard InChI is InChI=1S/C29H34FNO6S2/c1-6-21-16-31(39(35,36)25-10-8-7-9-23(25)37-21)15-20-13-19(12-11-17(20)2)26(29(4,5)28(33)34)24-14-22(30)27(38-24)18(3)32/h7-14,18,21,26,32H,6,15-16H2,1-5H3,(H,33,34)/t18?,21-,26?/m1/s1. The SMILES string of the molecule is CC[C@@H]1CN(Cc2cc(C(c3cc(F)c(C(C)O)s3)C(C)(C)C(=O)O)ccc2C)S(=O)(=O)c2ccccc2O1. The van der Waals surface area contributed by atoms with Crippen LogP contribution in [-0.4, -0.2) is 41.6 Å². The number of carboxylic acids is 1. The highest BCUT2D eigenvalue weighted by Crippen LogP contribution is 2.46. The molecule has 1 aliphatic rings. The van der Waals surface area contributed by atoms with E-state index in [9.17, 15) is 27.8 Å². The molecule has 0 spiro atoms. The molecule has 4 rings (SSSR count). The van der Waals surface area contributed by atoms with Crippen molar-refractivity contribution in [3.05, 3.63) is 80.8 Å². The van der Waals surface area contributed by atoms with Crippen LogP contribution in [0.4, 0.5) is 4.39 Å². The van der Waals surface area contributed by atoms with Crippen molar-refractivity contribution in [3.8, 4) is 5.75 Å². The van der Waals surface area contributed by atoms with Crippen LogP contribution in [0.3, 0.4) is 0 Å². The summed E-state index contributed by atoms with van der Waals surface area (Å²) in [5, 5.41) is 20.1. The third-order valence-corrected chi connectivity index (χ3v) is 10.5. The number of thiophene rings is 1. The second-order valence-electron chi connectivity index (χ2n) is 10.6. The predicted octanol–water partition coefficient (Wildman–Crippen LogP) is 5.85. The summed E-state index contributed by atoms with van der Waals surface area (Å²) < 4.78 is 49.5. The Hall–Kier alpha value is -2.79. The van der Waals surface area contributed by atoms with E-state index in [1.165, 1.54) is 23.4 Å². The van der Waals surface area contributed by atoms with Gasteiger partial charge in [-0.25, -0.2) is 12.8 Å². The van der Waals surface area contributed by atoms with E-state index in [1.54, 1.807) is 38.1 Å². The predicted molar refractivity (Wildman–Crippen MR) is 148 cm³/mol. The van der Waals surface area contributed by atoms with Gasteiger partial charge in [0, 0.05) is 17.3 Å². The van der Waals surface area contributed by atoms with E-state index in [0.29, 0.717) is 28.2 Å². The third-order valence-electron chi connectivity index (χ3n) is 7.35. The molecule has 1 aromatic heterocycles. The molecule has 0 fully saturated rings. The van der Waals surface area contributed by atoms with Gasteiger partial charge in [0.15, 0.2) is 0 Å². The molecule has 0 bridgehead atoms. The summed E-state index contributed by atoms with van der Waals surface area (Å²) in [7, 11) is -3.88. The van der Waals surface area contributed by atoms with Gasteiger partial charge in [-0.2, -0.15) is 4.31 Å². The normalized spacial score (nSPS) is 19.0. The number of aliphatic hydroxyl groups excluding tert-OH is 1. The Morgan fingerprint density at radius 1 is 1.23 bits per heavy atom. The Balaban J connectivity index is 1.80. The number of hydrogen-bond acceptors (Lipinski definition) is 6. The Kier molecular flexibility index (Phi) is 8.23. The van der Waals surface area contributed by atoms with E-state index < -0.39 is 39.2 Å². The molecule has 7 nitrogen and oxygen atoms in total. The number of para-hydroxylation sites is 1. The van der Waals surface area contributed by atoms with Crippen LogP contribution < -0.4 is 4.74 Å². The molecule has 0 saturated carbocycles. The van der Waals surface area contributed by atoms with Crippen LogP contribution in [0.25, 0.3) is 0 Å². The number of fused-ring (bicyclic) bond motifs is 1. The average molecular weight is 576 g/mol. The van der Waals surface area contributed by atoms with Gasteiger partial charge in [-0.1, -0.05) is 37.3 Å². The molecule has 0 amide bonds. The van der Waals surface area contributed by atoms with E-state index in [2.05, 4.69) is 0 Å². The monoisotopic (exact) mass is 575 g/mol. The molecule has 0 saturated heterocycles. The van der Waals surface area contributed by atoms with Gasteiger partial charge in [-0.15, -0.1) is 11.3 Å². The lowest BCUT2D eigenvalue weighted by Gasteiger charge is -2.31. The zero-order valence-electron chi connectivity index (χ0n) is 22.6. The molecule has 39 heavy (non-hydrogen) atoms. The van der Waals surface area contributed by atoms with E-state index in [-0.39, 0.29) is 29.0 Å². The maximum Gasteiger partial charge on any atom is 0.310 e. The highest BCUT2D eigenvalue weighted by atomic mass is 32.2. The Labute approximate surface area is 232 Å². The summed E-state index contributed by atoms with van der Waals surface area (Å²) in [6.07, 6.45) is -0.751. The Bertz CT molecular complexity index is 1480. The van der Waals surface area contributed by atoms with Crippen LogP contribution in [0, 0.1) is 18.2 Å². The first-order valence-corrected chi connectivity index (χ1v) is 15.1. The fraction of sp³-hybridized carbons (Fsp3) is 0.414. The molecule has 10 heteroatoms. The van der Waals surface area contributed by atoms with Crippen LogP contribution >= 0.6 is 11.3 Å². The van der Waals surface area contributed by atoms with Crippen molar-refractivity contribution < 1.29 is 32.6 Å². The third kappa shape index (κ3) is 5.61. The topological polar surface area (TPSA) is 104 Å². The summed E-state index contributed by atoms with van der Waals surface area (Å²) in [6.45, 7) is 8.67. The van der Waals surface area contributed by atoms with Gasteiger partial charge in [0.1, 0.15) is 22.6 Å². The first-order chi connectivity index (χ1) is 18.3. The summed E-state index contributed by atoms with van der Waals surface area (Å²) in [6, 6.07) is 13.3. The molecule has 2 unspecified atom stereocenters. The number of aliphatic carboxylic acids is 1. The lowest BCUT2D eigenvalue weighted by atomic mass is 9.73. The highest BCUT2D eigenvalue weighted by Gasteiger charge is 2.41. The van der Waals surface area contributed by atoms with E-state index >= 15 is 0 Å². The minimum atomic E-state index is -3.88. The molecule has 2 N–H and O–H groups in total. The number of aliphatic hydroxyl groups is 1. The summed E-state index contributed by atoms with van der Waals surface area (Å²) in [5.74, 6) is -2.05. The molecular formula is C29H34FNO6S2. The molecule has 210 valence electrons. The van der Waals surface area contributed by atoms with E-state index in [4.69, 9.17) is 4.74 Å². The van der Waals surface area contributed by atoms with Gasteiger partial charge < -0.3 is 14.9 Å². The van der Waals surface area contributed by atoms with Gasteiger partial charge in [0.2, 0.25) is 10.0 Å². The van der Waals surface area contributed by atoms with Crippen LogP contribution in [0.5, 0.6) is 5.75 Å². The molecule has 3 aromatic rings. The zero-order chi connectivity index (χ0) is 28.7. The average Bonchev–Trinajstić information content (AvgIpc) is 3.21. The summed E-state index contributed by atoms with van der Waals surface area (Å²) in [5.41, 5.74) is 0.852. The van der Waals surface area contributed by atoms with Crippen molar-refractivity contribution in [2.45, 2.75) is 70.6 Å². The number of benzene rings is 2. The number of hydrogen-bond donors (Lipinski definition) is 2. The lowest BCUT2D eigenvalue weighted by Crippen LogP contribution is -2.36. The molecular weight excluding hydrogens is 541 g/mol. The second kappa shape index (κ2) is 11.0. The highest BCUT2D eigenvalue weighted by molar-refractivity contribution is 7.89. The van der Waals surface area contributed by atoms with Crippen molar-refractivity contribution in [1.29, 1.82) is 0 Å². The lowest BCUT2D eigenvalue weighted by molar-refractivity contribution is -0.147. The molecule has 3 atom stereocenters. The van der Waals surface area contributed by atoms with Crippen molar-refractivity contribution in [2.24, 2.45) is 5.41 Å². The van der Waals surface area contributed by atoms with Gasteiger partial charge >= 0.3 is 5.97 Å². The molecule has 2 aromatic carbocycles. The van der Waals surface area contributed by atoms with Crippen molar-refractivity contribution >= 4 is 27.3 Å². The number of ether oxygens (including phenoxy) is 1. The quantitative estimate of drug-likeness (QED) is 0.349. The maximum atomic E-state index is 14.7. The number of sulfonamides is 1. The first-order valence-electron chi connectivity index (χ1n) is 12.8. The Morgan fingerprint density at radius 2 is 1.92 bits per heavy atom. The van der Waals surface area contributed by atoms with Crippen LogP contribution in [0.2, 0.25) is 0 Å². The first kappa shape index (κ1) is 29.2. The maximum absolute atomic E-state index is 14.7. The number of carboxylic acid groups (broad SMARTS) is 1. The molecule has 0 radical (unpaired) electrons. The van der Waals surface area contributed by atoms with E-state index in [0.717, 1.165) is 16.9 Å². The number of carbonyl (C=O) groups is 1. The van der Waals surface area contributed by atoms with Gasteiger partial charge in [-0.05, 0) is 69.0 Å². The number of nitrogens with zero attached hydrogens (tertiary/aromatic N) is 1. The number of rotatable bonds is 8. The van der Waals surface area contributed by atoms with Gasteiger partial charge in [0.25, 0.3) is 0 Å². The minimum Gasteiger partial charge on any atom is -0.488 e. The smallest absolute Gasteiger partial charge is 0.310 e.